The zero-order valence-corrected chi connectivity index (χ0v) is 30.5. The van der Waals surface area contributed by atoms with Crippen LogP contribution in [0.15, 0.2) is 200 Å². The van der Waals surface area contributed by atoms with Gasteiger partial charge in [-0.2, -0.15) is 0 Å². The molecular weight excluding hydrogens is 651 g/mol. The van der Waals surface area contributed by atoms with E-state index in [0.29, 0.717) is 0 Å². The fourth-order valence-electron chi connectivity index (χ4n) is 8.73. The Balaban J connectivity index is 1.19. The molecule has 9 aromatic rings. The highest BCUT2D eigenvalue weighted by atomic mass is 15.1. The van der Waals surface area contributed by atoms with Crippen molar-refractivity contribution in [3.63, 3.8) is 0 Å². The molecular formula is C53H39N. The fourth-order valence-corrected chi connectivity index (χ4v) is 8.73. The number of para-hydroxylation sites is 1. The normalized spacial score (nSPS) is 12.8. The molecule has 0 N–H and O–H groups in total. The Labute approximate surface area is 317 Å². The number of anilines is 3. The summed E-state index contributed by atoms with van der Waals surface area (Å²) >= 11 is 0. The summed E-state index contributed by atoms with van der Waals surface area (Å²) in [6.07, 6.45) is 0. The van der Waals surface area contributed by atoms with E-state index >= 15 is 0 Å². The molecule has 0 bridgehead atoms. The lowest BCUT2D eigenvalue weighted by atomic mass is 9.81. The standard InChI is InChI=1S/C53H39N/c1-53(2)50-34-40-21-9-8-20-39(40)33-49(50)47-31-30-42(35-51(47)53)54(41-29-28-36-16-6-7-19-38(36)32-41)52-27-15-14-26-48(52)46-25-13-12-24-45(46)44-23-11-10-22-43(44)37-17-4-3-5-18-37/h3-35H,1-2H3. The second-order valence-corrected chi connectivity index (χ2v) is 14.9. The molecule has 10 rings (SSSR count). The van der Waals surface area contributed by atoms with Crippen LogP contribution in [0.5, 0.6) is 0 Å². The minimum Gasteiger partial charge on any atom is -0.310 e. The molecule has 0 saturated carbocycles. The van der Waals surface area contributed by atoms with Crippen molar-refractivity contribution in [2.24, 2.45) is 0 Å². The second-order valence-electron chi connectivity index (χ2n) is 14.9. The highest BCUT2D eigenvalue weighted by Crippen LogP contribution is 2.53. The molecule has 9 aromatic carbocycles. The van der Waals surface area contributed by atoms with Gasteiger partial charge in [0.1, 0.15) is 0 Å². The fraction of sp³-hybridized carbons (Fsp3) is 0.0566. The van der Waals surface area contributed by atoms with Crippen LogP contribution < -0.4 is 4.90 Å². The Morgan fingerprint density at radius 1 is 0.315 bits per heavy atom. The molecule has 1 heteroatoms. The van der Waals surface area contributed by atoms with Crippen LogP contribution in [0, 0.1) is 0 Å². The van der Waals surface area contributed by atoms with E-state index in [4.69, 9.17) is 0 Å². The molecule has 54 heavy (non-hydrogen) atoms. The maximum Gasteiger partial charge on any atom is 0.0540 e. The summed E-state index contributed by atoms with van der Waals surface area (Å²) in [6, 6.07) is 73.5. The molecule has 1 aliphatic carbocycles. The van der Waals surface area contributed by atoms with E-state index in [9.17, 15) is 0 Å². The predicted molar refractivity (Wildman–Crippen MR) is 230 cm³/mol. The summed E-state index contributed by atoms with van der Waals surface area (Å²) in [7, 11) is 0. The number of fused-ring (bicyclic) bond motifs is 5. The maximum absolute atomic E-state index is 2.47. The third kappa shape index (κ3) is 5.24. The molecule has 1 aliphatic rings. The molecule has 0 aromatic heterocycles. The van der Waals surface area contributed by atoms with Gasteiger partial charge in [-0.05, 0) is 114 Å². The first-order valence-corrected chi connectivity index (χ1v) is 18.8. The molecule has 0 fully saturated rings. The average molecular weight is 690 g/mol. The zero-order chi connectivity index (χ0) is 36.2. The third-order valence-electron chi connectivity index (χ3n) is 11.4. The maximum atomic E-state index is 2.47. The molecule has 0 amide bonds. The first kappa shape index (κ1) is 32.0. The monoisotopic (exact) mass is 689 g/mol. The third-order valence-corrected chi connectivity index (χ3v) is 11.4. The van der Waals surface area contributed by atoms with Gasteiger partial charge >= 0.3 is 0 Å². The lowest BCUT2D eigenvalue weighted by Gasteiger charge is -2.30. The first-order valence-electron chi connectivity index (χ1n) is 18.8. The van der Waals surface area contributed by atoms with Gasteiger partial charge in [-0.3, -0.25) is 0 Å². The van der Waals surface area contributed by atoms with Crippen molar-refractivity contribution in [1.29, 1.82) is 0 Å². The smallest absolute Gasteiger partial charge is 0.0540 e. The number of benzene rings is 9. The van der Waals surface area contributed by atoms with Crippen molar-refractivity contribution >= 4 is 38.6 Å². The molecule has 1 nitrogen and oxygen atoms in total. The Kier molecular flexibility index (Phi) is 7.56. The van der Waals surface area contributed by atoms with Crippen molar-refractivity contribution < 1.29 is 0 Å². The van der Waals surface area contributed by atoms with Crippen LogP contribution in [0.1, 0.15) is 25.0 Å². The van der Waals surface area contributed by atoms with Gasteiger partial charge < -0.3 is 4.90 Å². The topological polar surface area (TPSA) is 3.24 Å². The predicted octanol–water partition coefficient (Wildman–Crippen LogP) is 14.8. The van der Waals surface area contributed by atoms with Crippen LogP contribution in [-0.2, 0) is 5.41 Å². The molecule has 0 aliphatic heterocycles. The van der Waals surface area contributed by atoms with Crippen molar-refractivity contribution in [2.75, 3.05) is 4.90 Å². The van der Waals surface area contributed by atoms with Crippen LogP contribution in [0.25, 0.3) is 66.1 Å². The number of hydrogen-bond acceptors (Lipinski definition) is 1. The molecule has 0 spiro atoms. The summed E-state index contributed by atoms with van der Waals surface area (Å²) in [5, 5.41) is 5.02. The Bertz CT molecular complexity index is 2860. The van der Waals surface area contributed by atoms with Crippen LogP contribution in [0.3, 0.4) is 0 Å². The van der Waals surface area contributed by atoms with E-state index < -0.39 is 0 Å². The SMILES string of the molecule is CC1(C)c2cc(N(c3ccc4ccccc4c3)c3ccccc3-c3ccccc3-c3ccccc3-c3ccccc3)ccc2-c2cc3ccccc3cc21. The van der Waals surface area contributed by atoms with Crippen molar-refractivity contribution in [1.82, 2.24) is 0 Å². The van der Waals surface area contributed by atoms with E-state index in [1.165, 1.54) is 77.2 Å². The largest absolute Gasteiger partial charge is 0.310 e. The van der Waals surface area contributed by atoms with Gasteiger partial charge in [0, 0.05) is 22.4 Å². The average Bonchev–Trinajstić information content (AvgIpc) is 3.45. The molecule has 0 saturated heterocycles. The van der Waals surface area contributed by atoms with E-state index in [-0.39, 0.29) is 5.41 Å². The first-order chi connectivity index (χ1) is 26.5. The van der Waals surface area contributed by atoms with Gasteiger partial charge in [0.25, 0.3) is 0 Å². The van der Waals surface area contributed by atoms with Gasteiger partial charge in [0.15, 0.2) is 0 Å². The minimum absolute atomic E-state index is 0.160. The van der Waals surface area contributed by atoms with Gasteiger partial charge in [0.2, 0.25) is 0 Å². The Morgan fingerprint density at radius 2 is 0.796 bits per heavy atom. The highest BCUT2D eigenvalue weighted by Gasteiger charge is 2.36. The zero-order valence-electron chi connectivity index (χ0n) is 30.5. The van der Waals surface area contributed by atoms with Crippen LogP contribution in [0.2, 0.25) is 0 Å². The molecule has 0 heterocycles. The van der Waals surface area contributed by atoms with Gasteiger partial charge in [-0.25, -0.2) is 0 Å². The summed E-state index contributed by atoms with van der Waals surface area (Å²) in [5.41, 5.74) is 15.9. The van der Waals surface area contributed by atoms with Crippen molar-refractivity contribution in [2.45, 2.75) is 19.3 Å². The Morgan fingerprint density at radius 3 is 1.52 bits per heavy atom. The summed E-state index contributed by atoms with van der Waals surface area (Å²) in [4.78, 5) is 2.47. The molecule has 0 atom stereocenters. The quantitative estimate of drug-likeness (QED) is 0.168. The highest BCUT2D eigenvalue weighted by molar-refractivity contribution is 5.99. The van der Waals surface area contributed by atoms with Crippen molar-refractivity contribution in [3.8, 4) is 44.5 Å². The Hall–Kier alpha value is -6.70. The molecule has 256 valence electrons. The van der Waals surface area contributed by atoms with Crippen LogP contribution in [0.4, 0.5) is 17.1 Å². The lowest BCUT2D eigenvalue weighted by molar-refractivity contribution is 0.661. The number of nitrogens with zero attached hydrogens (tertiary/aromatic N) is 1. The molecule has 0 unspecified atom stereocenters. The number of hydrogen-bond donors (Lipinski definition) is 0. The van der Waals surface area contributed by atoms with Gasteiger partial charge in [-0.1, -0.05) is 172 Å². The summed E-state index contributed by atoms with van der Waals surface area (Å²) < 4.78 is 0. The molecule has 0 radical (unpaired) electrons. The lowest BCUT2D eigenvalue weighted by Crippen LogP contribution is -2.17. The van der Waals surface area contributed by atoms with Crippen LogP contribution in [-0.4, -0.2) is 0 Å². The van der Waals surface area contributed by atoms with E-state index in [1.807, 2.05) is 0 Å². The van der Waals surface area contributed by atoms with E-state index in [0.717, 1.165) is 17.1 Å². The van der Waals surface area contributed by atoms with Crippen LogP contribution >= 0.6 is 0 Å². The van der Waals surface area contributed by atoms with Gasteiger partial charge in [-0.15, -0.1) is 0 Å². The number of rotatable bonds is 6. The second kappa shape index (κ2) is 12.8. The van der Waals surface area contributed by atoms with E-state index in [2.05, 4.69) is 219 Å². The van der Waals surface area contributed by atoms with Gasteiger partial charge in [0.05, 0.1) is 5.69 Å². The minimum atomic E-state index is -0.160. The summed E-state index contributed by atoms with van der Waals surface area (Å²) in [5.74, 6) is 0. The van der Waals surface area contributed by atoms with Crippen molar-refractivity contribution in [3.05, 3.63) is 211 Å². The summed E-state index contributed by atoms with van der Waals surface area (Å²) in [6.45, 7) is 4.76. The van der Waals surface area contributed by atoms with E-state index in [1.54, 1.807) is 0 Å².